The monoisotopic (exact) mass is 342 g/mol. The van der Waals surface area contributed by atoms with Crippen molar-refractivity contribution in [3.63, 3.8) is 0 Å². The molecule has 2 heterocycles. The normalized spacial score (nSPS) is 14.3. The first-order valence-corrected chi connectivity index (χ1v) is 8.37. The number of amides is 1. The zero-order valence-corrected chi connectivity index (χ0v) is 14.0. The van der Waals surface area contributed by atoms with E-state index >= 15 is 0 Å². The lowest BCUT2D eigenvalue weighted by molar-refractivity contribution is -0.116. The van der Waals surface area contributed by atoms with Crippen LogP contribution in [-0.2, 0) is 11.3 Å². The Hall–Kier alpha value is -2.40. The summed E-state index contributed by atoms with van der Waals surface area (Å²) in [5.41, 5.74) is 0.918. The van der Waals surface area contributed by atoms with E-state index in [1.165, 1.54) is 18.9 Å². The zero-order valence-electron chi connectivity index (χ0n) is 13.3. The van der Waals surface area contributed by atoms with Crippen molar-refractivity contribution in [1.82, 2.24) is 15.3 Å². The van der Waals surface area contributed by atoms with Crippen molar-refractivity contribution in [3.8, 4) is 0 Å². The van der Waals surface area contributed by atoms with Crippen molar-refractivity contribution < 1.29 is 4.79 Å². The van der Waals surface area contributed by atoms with Gasteiger partial charge in [0, 0.05) is 30.4 Å². The van der Waals surface area contributed by atoms with Crippen LogP contribution in [0.25, 0.3) is 6.08 Å². The Morgan fingerprint density at radius 2 is 1.96 bits per heavy atom. The van der Waals surface area contributed by atoms with E-state index in [-0.39, 0.29) is 5.91 Å². The van der Waals surface area contributed by atoms with E-state index in [1.807, 2.05) is 18.2 Å². The van der Waals surface area contributed by atoms with Gasteiger partial charge in [0.25, 0.3) is 0 Å². The molecule has 1 fully saturated rings. The maximum atomic E-state index is 11.9. The highest BCUT2D eigenvalue weighted by atomic mass is 35.5. The van der Waals surface area contributed by atoms with Crippen LogP contribution in [0.2, 0.25) is 5.02 Å². The number of anilines is 1. The molecule has 2 aromatic rings. The molecule has 0 aliphatic carbocycles. The summed E-state index contributed by atoms with van der Waals surface area (Å²) < 4.78 is 0. The number of carbonyl (C=O) groups excluding carboxylic acids is 1. The molecule has 1 aromatic heterocycles. The number of halogens is 1. The van der Waals surface area contributed by atoms with E-state index in [9.17, 15) is 4.79 Å². The molecule has 0 bridgehead atoms. The van der Waals surface area contributed by atoms with Gasteiger partial charge in [-0.2, -0.15) is 0 Å². The Balaban J connectivity index is 1.54. The van der Waals surface area contributed by atoms with Gasteiger partial charge in [-0.05, 0) is 42.7 Å². The molecule has 1 saturated heterocycles. The Morgan fingerprint density at radius 1 is 1.21 bits per heavy atom. The second-order valence-electron chi connectivity index (χ2n) is 5.63. The summed E-state index contributed by atoms with van der Waals surface area (Å²) >= 11 is 5.83. The zero-order chi connectivity index (χ0) is 16.8. The number of carbonyl (C=O) groups is 1. The molecule has 1 aliphatic rings. The van der Waals surface area contributed by atoms with E-state index in [0.717, 1.165) is 24.5 Å². The number of benzene rings is 1. The van der Waals surface area contributed by atoms with Gasteiger partial charge in [-0.1, -0.05) is 23.7 Å². The number of aromatic nitrogens is 2. The van der Waals surface area contributed by atoms with Gasteiger partial charge in [-0.15, -0.1) is 0 Å². The number of nitrogens with one attached hydrogen (secondary N) is 1. The highest BCUT2D eigenvalue weighted by Crippen LogP contribution is 2.16. The average Bonchev–Trinajstić information content (AvgIpc) is 3.14. The first kappa shape index (κ1) is 16.5. The van der Waals surface area contributed by atoms with Gasteiger partial charge in [-0.3, -0.25) is 4.79 Å². The van der Waals surface area contributed by atoms with E-state index < -0.39 is 0 Å². The number of hydrogen-bond acceptors (Lipinski definition) is 4. The SMILES string of the molecule is O=C(/C=C/c1ccc(Cl)cc1)NCc1nccc(N2CCCC2)n1. The molecule has 1 amide bonds. The largest absolute Gasteiger partial charge is 0.357 e. The van der Waals surface area contributed by atoms with E-state index in [2.05, 4.69) is 20.2 Å². The smallest absolute Gasteiger partial charge is 0.244 e. The van der Waals surface area contributed by atoms with E-state index in [4.69, 9.17) is 11.6 Å². The number of hydrogen-bond donors (Lipinski definition) is 1. The van der Waals surface area contributed by atoms with Crippen LogP contribution in [-0.4, -0.2) is 29.0 Å². The lowest BCUT2D eigenvalue weighted by atomic mass is 10.2. The van der Waals surface area contributed by atoms with Crippen molar-refractivity contribution >= 4 is 29.4 Å². The molecule has 0 radical (unpaired) electrons. The molecule has 0 spiro atoms. The van der Waals surface area contributed by atoms with Crippen molar-refractivity contribution in [2.45, 2.75) is 19.4 Å². The fourth-order valence-corrected chi connectivity index (χ4v) is 2.69. The van der Waals surface area contributed by atoms with Crippen LogP contribution in [0, 0.1) is 0 Å². The number of rotatable bonds is 5. The summed E-state index contributed by atoms with van der Waals surface area (Å²) in [7, 11) is 0. The molecule has 0 atom stereocenters. The third kappa shape index (κ3) is 4.55. The minimum Gasteiger partial charge on any atom is -0.357 e. The fourth-order valence-electron chi connectivity index (χ4n) is 2.57. The second kappa shape index (κ2) is 7.93. The van der Waals surface area contributed by atoms with Crippen LogP contribution < -0.4 is 10.2 Å². The first-order valence-electron chi connectivity index (χ1n) is 7.99. The van der Waals surface area contributed by atoms with Crippen LogP contribution in [0.3, 0.4) is 0 Å². The van der Waals surface area contributed by atoms with Crippen molar-refractivity contribution in [1.29, 1.82) is 0 Å². The van der Waals surface area contributed by atoms with Crippen LogP contribution in [0.4, 0.5) is 5.82 Å². The van der Waals surface area contributed by atoms with Crippen LogP contribution in [0.1, 0.15) is 24.2 Å². The summed E-state index contributed by atoms with van der Waals surface area (Å²) in [6.45, 7) is 2.38. The van der Waals surface area contributed by atoms with Crippen molar-refractivity contribution in [2.24, 2.45) is 0 Å². The maximum Gasteiger partial charge on any atom is 0.244 e. The standard InChI is InChI=1S/C18H19ClN4O/c19-15-6-3-14(4-7-15)5-8-18(24)21-13-16-20-10-9-17(22-16)23-11-1-2-12-23/h3-10H,1-2,11-13H2,(H,21,24)/b8-5+. The molecular formula is C18H19ClN4O. The molecule has 124 valence electrons. The first-order chi connectivity index (χ1) is 11.7. The van der Waals surface area contributed by atoms with Crippen LogP contribution in [0.5, 0.6) is 0 Å². The van der Waals surface area contributed by atoms with Crippen LogP contribution in [0.15, 0.2) is 42.6 Å². The lowest BCUT2D eigenvalue weighted by Gasteiger charge is -2.16. The van der Waals surface area contributed by atoms with Gasteiger partial charge >= 0.3 is 0 Å². The van der Waals surface area contributed by atoms with E-state index in [1.54, 1.807) is 24.4 Å². The molecule has 1 N–H and O–H groups in total. The average molecular weight is 343 g/mol. The fraction of sp³-hybridized carbons (Fsp3) is 0.278. The molecule has 1 aromatic carbocycles. The van der Waals surface area contributed by atoms with Crippen LogP contribution >= 0.6 is 11.6 Å². The third-order valence-corrected chi connectivity index (χ3v) is 4.09. The van der Waals surface area contributed by atoms with Gasteiger partial charge in [0.1, 0.15) is 11.6 Å². The third-order valence-electron chi connectivity index (χ3n) is 3.84. The van der Waals surface area contributed by atoms with Gasteiger partial charge in [0.2, 0.25) is 5.91 Å². The van der Waals surface area contributed by atoms with Gasteiger partial charge in [-0.25, -0.2) is 9.97 Å². The molecule has 3 rings (SSSR count). The Kier molecular flexibility index (Phi) is 5.43. The topological polar surface area (TPSA) is 58.1 Å². The van der Waals surface area contributed by atoms with Gasteiger partial charge in [0.05, 0.1) is 6.54 Å². The molecule has 5 nitrogen and oxygen atoms in total. The lowest BCUT2D eigenvalue weighted by Crippen LogP contribution is -2.23. The molecule has 0 unspecified atom stereocenters. The van der Waals surface area contributed by atoms with Crippen molar-refractivity contribution in [2.75, 3.05) is 18.0 Å². The summed E-state index contributed by atoms with van der Waals surface area (Å²) in [5, 5.41) is 3.48. The van der Waals surface area contributed by atoms with Gasteiger partial charge < -0.3 is 10.2 Å². The quantitative estimate of drug-likeness (QED) is 0.848. The minimum atomic E-state index is -0.180. The maximum absolute atomic E-state index is 11.9. The minimum absolute atomic E-state index is 0.180. The second-order valence-corrected chi connectivity index (χ2v) is 6.06. The summed E-state index contributed by atoms with van der Waals surface area (Å²) in [5.74, 6) is 1.37. The Labute approximate surface area is 146 Å². The Morgan fingerprint density at radius 3 is 2.71 bits per heavy atom. The highest BCUT2D eigenvalue weighted by molar-refractivity contribution is 6.30. The predicted molar refractivity (Wildman–Crippen MR) is 95.8 cm³/mol. The summed E-state index contributed by atoms with van der Waals surface area (Å²) in [6.07, 6.45) is 7.38. The molecule has 6 heteroatoms. The highest BCUT2D eigenvalue weighted by Gasteiger charge is 2.13. The van der Waals surface area contributed by atoms with Crippen molar-refractivity contribution in [3.05, 3.63) is 59.0 Å². The Bertz CT molecular complexity index is 724. The van der Waals surface area contributed by atoms with E-state index in [0.29, 0.717) is 17.4 Å². The number of nitrogens with zero attached hydrogens (tertiary/aromatic N) is 3. The predicted octanol–water partition coefficient (Wildman–Crippen LogP) is 3.06. The summed E-state index contributed by atoms with van der Waals surface area (Å²) in [6, 6.07) is 9.20. The molecule has 24 heavy (non-hydrogen) atoms. The molecule has 1 aliphatic heterocycles. The summed E-state index contributed by atoms with van der Waals surface area (Å²) in [4.78, 5) is 22.9. The van der Waals surface area contributed by atoms with Gasteiger partial charge in [0.15, 0.2) is 0 Å². The molecule has 0 saturated carbocycles. The molecular weight excluding hydrogens is 324 g/mol.